The fourth-order valence-electron chi connectivity index (χ4n) is 3.48. The van der Waals surface area contributed by atoms with Crippen molar-refractivity contribution in [3.63, 3.8) is 0 Å². The zero-order valence-electron chi connectivity index (χ0n) is 16.7. The molecule has 0 saturated carbocycles. The zero-order valence-corrected chi connectivity index (χ0v) is 19.8. The normalized spacial score (nSPS) is 15.7. The summed E-state index contributed by atoms with van der Waals surface area (Å²) >= 11 is 1.84. The summed E-state index contributed by atoms with van der Waals surface area (Å²) in [5, 5.41) is 9.09. The molecule has 0 amide bonds. The van der Waals surface area contributed by atoms with E-state index in [9.17, 15) is 0 Å². The Kier molecular flexibility index (Phi) is 10.1. The van der Waals surface area contributed by atoms with E-state index in [-0.39, 0.29) is 24.0 Å². The number of halogens is 1. The van der Waals surface area contributed by atoms with Crippen molar-refractivity contribution in [3.05, 3.63) is 52.2 Å². The van der Waals surface area contributed by atoms with Gasteiger partial charge in [0, 0.05) is 23.5 Å². The molecule has 2 heterocycles. The van der Waals surface area contributed by atoms with Crippen molar-refractivity contribution in [3.8, 4) is 5.75 Å². The molecule has 5 nitrogen and oxygen atoms in total. The van der Waals surface area contributed by atoms with Crippen LogP contribution in [0.5, 0.6) is 5.75 Å². The predicted octanol–water partition coefficient (Wildman–Crippen LogP) is 4.27. The summed E-state index contributed by atoms with van der Waals surface area (Å²) < 4.78 is 5.44. The van der Waals surface area contributed by atoms with Gasteiger partial charge in [0.25, 0.3) is 0 Å². The molecule has 28 heavy (non-hydrogen) atoms. The first-order valence-electron chi connectivity index (χ1n) is 9.73. The van der Waals surface area contributed by atoms with Crippen LogP contribution in [0, 0.1) is 0 Å². The van der Waals surface area contributed by atoms with Crippen LogP contribution in [0.3, 0.4) is 0 Å². The molecular weight excluding hydrogens is 483 g/mol. The Bertz CT molecular complexity index is 717. The molecule has 1 aromatic carbocycles. The van der Waals surface area contributed by atoms with Crippen molar-refractivity contribution in [2.45, 2.75) is 32.4 Å². The highest BCUT2D eigenvalue weighted by Gasteiger charge is 2.24. The molecule has 1 aromatic heterocycles. The van der Waals surface area contributed by atoms with Gasteiger partial charge in [-0.15, -0.1) is 35.3 Å². The fraction of sp³-hybridized carbons (Fsp3) is 0.476. The number of para-hydroxylation sites is 1. The Balaban J connectivity index is 0.00000280. The van der Waals surface area contributed by atoms with Crippen molar-refractivity contribution < 1.29 is 4.74 Å². The maximum absolute atomic E-state index is 5.44. The highest BCUT2D eigenvalue weighted by molar-refractivity contribution is 14.0. The SMILES string of the molecule is CCNC(=NCc1ccccc1OC)NCC(c1cccs1)N1CCCC1.I. The number of hydrogen-bond donors (Lipinski definition) is 2. The van der Waals surface area contributed by atoms with Crippen molar-refractivity contribution in [2.24, 2.45) is 4.99 Å². The van der Waals surface area contributed by atoms with E-state index in [0.717, 1.165) is 30.4 Å². The number of nitrogens with zero attached hydrogens (tertiary/aromatic N) is 2. The number of nitrogens with one attached hydrogen (secondary N) is 2. The number of benzene rings is 1. The number of hydrogen-bond acceptors (Lipinski definition) is 4. The molecule has 154 valence electrons. The third kappa shape index (κ3) is 6.35. The molecule has 0 bridgehead atoms. The zero-order chi connectivity index (χ0) is 18.9. The smallest absolute Gasteiger partial charge is 0.191 e. The van der Waals surface area contributed by atoms with E-state index in [2.05, 4.69) is 46.0 Å². The van der Waals surface area contributed by atoms with Crippen molar-refractivity contribution in [1.82, 2.24) is 15.5 Å². The van der Waals surface area contributed by atoms with Gasteiger partial charge in [0.2, 0.25) is 0 Å². The molecule has 7 heteroatoms. The standard InChI is InChI=1S/C21H30N4OS.HI/c1-3-22-21(23-15-17-9-4-5-10-19(17)26-2)24-16-18(20-11-8-14-27-20)25-12-6-7-13-25;/h4-5,8-11,14,18H,3,6-7,12-13,15-16H2,1-2H3,(H2,22,23,24);1H. The van der Waals surface area contributed by atoms with E-state index in [0.29, 0.717) is 12.6 Å². The number of aliphatic imine (C=N–C) groups is 1. The maximum atomic E-state index is 5.44. The Morgan fingerprint density at radius 3 is 2.64 bits per heavy atom. The molecule has 1 atom stereocenters. The van der Waals surface area contributed by atoms with Crippen molar-refractivity contribution in [1.29, 1.82) is 0 Å². The summed E-state index contributed by atoms with van der Waals surface area (Å²) in [6, 6.07) is 12.8. The summed E-state index contributed by atoms with van der Waals surface area (Å²) in [7, 11) is 1.70. The van der Waals surface area contributed by atoms with Gasteiger partial charge in [-0.1, -0.05) is 24.3 Å². The summed E-state index contributed by atoms with van der Waals surface area (Å²) in [5.41, 5.74) is 1.09. The summed E-state index contributed by atoms with van der Waals surface area (Å²) in [6.45, 7) is 6.74. The third-order valence-electron chi connectivity index (χ3n) is 4.86. The van der Waals surface area contributed by atoms with E-state index in [1.807, 2.05) is 29.5 Å². The highest BCUT2D eigenvalue weighted by Crippen LogP contribution is 2.27. The van der Waals surface area contributed by atoms with Crippen molar-refractivity contribution in [2.75, 3.05) is 33.3 Å². The third-order valence-corrected chi connectivity index (χ3v) is 5.83. The van der Waals surface area contributed by atoms with Gasteiger partial charge in [-0.25, -0.2) is 4.99 Å². The first-order chi connectivity index (χ1) is 13.3. The van der Waals surface area contributed by atoms with Gasteiger partial charge in [0.05, 0.1) is 19.7 Å². The quantitative estimate of drug-likeness (QED) is 0.314. The molecule has 1 unspecified atom stereocenters. The van der Waals surface area contributed by atoms with Crippen LogP contribution in [0.2, 0.25) is 0 Å². The lowest BCUT2D eigenvalue weighted by atomic mass is 10.2. The van der Waals surface area contributed by atoms with Gasteiger partial charge in [0.1, 0.15) is 5.75 Å². The molecule has 1 fully saturated rings. The number of methoxy groups -OCH3 is 1. The molecule has 2 N–H and O–H groups in total. The fourth-order valence-corrected chi connectivity index (χ4v) is 4.34. The number of likely N-dealkylation sites (tertiary alicyclic amines) is 1. The lowest BCUT2D eigenvalue weighted by Crippen LogP contribution is -2.42. The van der Waals surface area contributed by atoms with E-state index in [4.69, 9.17) is 9.73 Å². The number of thiophene rings is 1. The minimum Gasteiger partial charge on any atom is -0.496 e. The molecule has 1 saturated heterocycles. The lowest BCUT2D eigenvalue weighted by molar-refractivity contribution is 0.249. The summed E-state index contributed by atoms with van der Waals surface area (Å²) in [4.78, 5) is 8.78. The second-order valence-corrected chi connectivity index (χ2v) is 7.64. The Labute approximate surface area is 189 Å². The van der Waals surface area contributed by atoms with E-state index in [1.165, 1.54) is 30.8 Å². The first-order valence-corrected chi connectivity index (χ1v) is 10.6. The molecule has 0 spiro atoms. The van der Waals surface area contributed by atoms with E-state index in [1.54, 1.807) is 7.11 Å². The van der Waals surface area contributed by atoms with E-state index >= 15 is 0 Å². The second-order valence-electron chi connectivity index (χ2n) is 6.66. The van der Waals surface area contributed by atoms with Crippen LogP contribution in [-0.2, 0) is 6.54 Å². The van der Waals surface area contributed by atoms with Crippen LogP contribution in [0.25, 0.3) is 0 Å². The summed E-state index contributed by atoms with van der Waals surface area (Å²) in [5.74, 6) is 1.73. The average molecular weight is 514 g/mol. The molecule has 1 aliphatic heterocycles. The summed E-state index contributed by atoms with van der Waals surface area (Å²) in [6.07, 6.45) is 2.59. The predicted molar refractivity (Wildman–Crippen MR) is 129 cm³/mol. The van der Waals surface area contributed by atoms with Gasteiger partial charge in [-0.2, -0.15) is 0 Å². The van der Waals surface area contributed by atoms with Gasteiger partial charge >= 0.3 is 0 Å². The molecule has 1 aliphatic rings. The Morgan fingerprint density at radius 2 is 1.96 bits per heavy atom. The minimum atomic E-state index is 0. The molecule has 0 aliphatic carbocycles. The first kappa shape index (κ1) is 23.0. The Hall–Kier alpha value is -1.32. The maximum Gasteiger partial charge on any atom is 0.191 e. The van der Waals surface area contributed by atoms with Crippen LogP contribution in [0.15, 0.2) is 46.8 Å². The topological polar surface area (TPSA) is 48.9 Å². The second kappa shape index (κ2) is 12.3. The number of guanidine groups is 1. The monoisotopic (exact) mass is 514 g/mol. The van der Waals surface area contributed by atoms with Gasteiger partial charge < -0.3 is 15.4 Å². The minimum absolute atomic E-state index is 0. The van der Waals surface area contributed by atoms with Crippen molar-refractivity contribution >= 4 is 41.3 Å². The Morgan fingerprint density at radius 1 is 1.18 bits per heavy atom. The van der Waals surface area contributed by atoms with Crippen LogP contribution >= 0.6 is 35.3 Å². The lowest BCUT2D eigenvalue weighted by Gasteiger charge is -2.27. The van der Waals surface area contributed by atoms with Crippen LogP contribution in [0.4, 0.5) is 0 Å². The average Bonchev–Trinajstić information content (AvgIpc) is 3.41. The molecular formula is C21H31IN4OS. The molecule has 2 aromatic rings. The van der Waals surface area contributed by atoms with Gasteiger partial charge in [-0.05, 0) is 50.4 Å². The van der Waals surface area contributed by atoms with Crippen LogP contribution in [-0.4, -0.2) is 44.1 Å². The van der Waals surface area contributed by atoms with Gasteiger partial charge in [-0.3, -0.25) is 4.90 Å². The van der Waals surface area contributed by atoms with Crippen LogP contribution in [0.1, 0.15) is 36.2 Å². The van der Waals surface area contributed by atoms with Crippen LogP contribution < -0.4 is 15.4 Å². The number of ether oxygens (including phenoxy) is 1. The molecule has 3 rings (SSSR count). The van der Waals surface area contributed by atoms with Gasteiger partial charge in [0.15, 0.2) is 5.96 Å². The molecule has 0 radical (unpaired) electrons. The largest absolute Gasteiger partial charge is 0.496 e. The highest BCUT2D eigenvalue weighted by atomic mass is 127. The number of rotatable bonds is 8. The van der Waals surface area contributed by atoms with E-state index < -0.39 is 0 Å².